The van der Waals surface area contributed by atoms with Gasteiger partial charge in [-0.25, -0.2) is 8.42 Å². The minimum Gasteiger partial charge on any atom is -0.383 e. The van der Waals surface area contributed by atoms with E-state index in [1.807, 2.05) is 0 Å². The molecule has 102 valence electrons. The minimum atomic E-state index is -3.56. The highest BCUT2D eigenvalue weighted by Gasteiger charge is 2.25. The van der Waals surface area contributed by atoms with Crippen molar-refractivity contribution in [2.75, 3.05) is 26.5 Å². The lowest BCUT2D eigenvalue weighted by molar-refractivity contribution is 0.176. The molecule has 7 heteroatoms. The highest BCUT2D eigenvalue weighted by molar-refractivity contribution is 7.91. The van der Waals surface area contributed by atoms with Crippen LogP contribution in [0.25, 0.3) is 0 Å². The molecule has 0 aromatic heterocycles. The minimum absolute atomic E-state index is 0.0234. The van der Waals surface area contributed by atoms with Gasteiger partial charge in [0.05, 0.1) is 22.4 Å². The normalized spacial score (nSPS) is 13.6. The van der Waals surface area contributed by atoms with Crippen molar-refractivity contribution in [2.24, 2.45) is 0 Å². The predicted octanol–water partition coefficient (Wildman–Crippen LogP) is 2.00. The Morgan fingerprint density at radius 1 is 1.33 bits per heavy atom. The van der Waals surface area contributed by atoms with E-state index >= 15 is 0 Å². The van der Waals surface area contributed by atoms with Crippen molar-refractivity contribution >= 4 is 33.0 Å². The average Bonchev–Trinajstić information content (AvgIpc) is 2.27. The van der Waals surface area contributed by atoms with Gasteiger partial charge in [0.2, 0.25) is 0 Å². The van der Waals surface area contributed by atoms with Crippen molar-refractivity contribution in [3.05, 3.63) is 28.2 Å². The van der Waals surface area contributed by atoms with E-state index in [2.05, 4.69) is 5.32 Å². The smallest absolute Gasteiger partial charge is 0.182 e. The van der Waals surface area contributed by atoms with E-state index in [0.29, 0.717) is 0 Å². The van der Waals surface area contributed by atoms with Gasteiger partial charge in [-0.15, -0.1) is 0 Å². The molecule has 1 aromatic carbocycles. The lowest BCUT2D eigenvalue weighted by Crippen LogP contribution is -2.37. The van der Waals surface area contributed by atoms with Crippen LogP contribution in [0.3, 0.4) is 0 Å². The number of sulfone groups is 1. The number of benzene rings is 1. The quantitative estimate of drug-likeness (QED) is 0.873. The molecular formula is C11H15Cl2NO3S. The van der Waals surface area contributed by atoms with Crippen molar-refractivity contribution in [2.45, 2.75) is 10.9 Å². The molecule has 0 saturated heterocycles. The van der Waals surface area contributed by atoms with Gasteiger partial charge in [-0.3, -0.25) is 0 Å². The zero-order valence-corrected chi connectivity index (χ0v) is 12.4. The van der Waals surface area contributed by atoms with E-state index in [9.17, 15) is 8.42 Å². The van der Waals surface area contributed by atoms with Crippen LogP contribution in [0.1, 0.15) is 0 Å². The van der Waals surface area contributed by atoms with Gasteiger partial charge in [0.15, 0.2) is 9.84 Å². The molecule has 0 spiro atoms. The summed E-state index contributed by atoms with van der Waals surface area (Å²) in [4.78, 5) is -0.0234. The molecule has 4 nitrogen and oxygen atoms in total. The Kier molecular flexibility index (Phi) is 5.88. The summed E-state index contributed by atoms with van der Waals surface area (Å²) in [5, 5.41) is 3.15. The first-order valence-electron chi connectivity index (χ1n) is 5.25. The zero-order valence-electron chi connectivity index (χ0n) is 10.1. The Bertz CT molecular complexity index is 485. The maximum atomic E-state index is 12.3. The van der Waals surface area contributed by atoms with Crippen LogP contribution < -0.4 is 5.32 Å². The molecule has 0 aliphatic rings. The van der Waals surface area contributed by atoms with Crippen molar-refractivity contribution in [3.63, 3.8) is 0 Å². The zero-order chi connectivity index (χ0) is 13.8. The van der Waals surface area contributed by atoms with Gasteiger partial charge in [0.25, 0.3) is 0 Å². The number of ether oxygens (including phenoxy) is 1. The Hall–Kier alpha value is -0.330. The third-order valence-electron chi connectivity index (χ3n) is 2.43. The topological polar surface area (TPSA) is 55.4 Å². The maximum Gasteiger partial charge on any atom is 0.182 e. The molecule has 1 aromatic rings. The van der Waals surface area contributed by atoms with E-state index in [1.54, 1.807) is 13.1 Å². The molecule has 18 heavy (non-hydrogen) atoms. The van der Waals surface area contributed by atoms with Crippen molar-refractivity contribution in [1.29, 1.82) is 0 Å². The summed E-state index contributed by atoms with van der Waals surface area (Å²) in [6.07, 6.45) is 0. The van der Waals surface area contributed by atoms with Crippen LogP contribution in [0.15, 0.2) is 23.1 Å². The van der Waals surface area contributed by atoms with Gasteiger partial charge in [0, 0.05) is 13.2 Å². The summed E-state index contributed by atoms with van der Waals surface area (Å²) in [6, 6.07) is 4.30. The fourth-order valence-electron chi connectivity index (χ4n) is 1.54. The average molecular weight is 312 g/mol. The highest BCUT2D eigenvalue weighted by atomic mass is 35.5. The Balaban J connectivity index is 3.06. The van der Waals surface area contributed by atoms with E-state index in [4.69, 9.17) is 27.9 Å². The first-order valence-corrected chi connectivity index (χ1v) is 7.66. The van der Waals surface area contributed by atoms with E-state index in [1.165, 1.54) is 19.2 Å². The highest BCUT2D eigenvalue weighted by Crippen LogP contribution is 2.30. The van der Waals surface area contributed by atoms with Crippen LogP contribution in [-0.2, 0) is 14.6 Å². The lowest BCUT2D eigenvalue weighted by atomic mass is 10.4. The number of rotatable bonds is 6. The molecule has 0 bridgehead atoms. The Morgan fingerprint density at radius 2 is 1.89 bits per heavy atom. The number of likely N-dealkylation sites (N-methyl/N-ethyl adjacent to an activating group) is 1. The summed E-state index contributed by atoms with van der Waals surface area (Å²) >= 11 is 11.8. The first-order chi connectivity index (χ1) is 8.42. The van der Waals surface area contributed by atoms with Crippen LogP contribution in [0.5, 0.6) is 0 Å². The number of methoxy groups -OCH3 is 1. The second-order valence-electron chi connectivity index (χ2n) is 3.77. The monoisotopic (exact) mass is 311 g/mol. The molecule has 0 saturated carbocycles. The molecule has 0 aliphatic heterocycles. The first kappa shape index (κ1) is 15.7. The van der Waals surface area contributed by atoms with Gasteiger partial charge in [-0.1, -0.05) is 29.3 Å². The predicted molar refractivity (Wildman–Crippen MR) is 73.2 cm³/mol. The molecule has 1 rings (SSSR count). The number of halogens is 2. The lowest BCUT2D eigenvalue weighted by Gasteiger charge is -2.16. The van der Waals surface area contributed by atoms with Crippen LogP contribution in [0.2, 0.25) is 10.0 Å². The Labute approximate surface area is 117 Å². The van der Waals surface area contributed by atoms with Crippen LogP contribution in [0.4, 0.5) is 0 Å². The fourth-order valence-corrected chi connectivity index (χ4v) is 4.34. The van der Waals surface area contributed by atoms with Gasteiger partial charge < -0.3 is 10.1 Å². The summed E-state index contributed by atoms with van der Waals surface area (Å²) in [5.41, 5.74) is 0. The largest absolute Gasteiger partial charge is 0.383 e. The van der Waals surface area contributed by atoms with Crippen LogP contribution in [0, 0.1) is 0 Å². The molecule has 0 fully saturated rings. The third kappa shape index (κ3) is 3.83. The number of nitrogens with one attached hydrogen (secondary N) is 1. The third-order valence-corrected chi connectivity index (χ3v) is 5.18. The Morgan fingerprint density at radius 3 is 2.33 bits per heavy atom. The van der Waals surface area contributed by atoms with E-state index < -0.39 is 9.84 Å². The molecule has 1 N–H and O–H groups in total. The molecule has 0 heterocycles. The SMILES string of the molecule is CNC(COC)CS(=O)(=O)c1c(Cl)cccc1Cl. The van der Waals surface area contributed by atoms with Gasteiger partial charge >= 0.3 is 0 Å². The summed E-state index contributed by atoms with van der Waals surface area (Å²) < 4.78 is 29.5. The van der Waals surface area contributed by atoms with E-state index in [-0.39, 0.29) is 33.3 Å². The summed E-state index contributed by atoms with van der Waals surface area (Å²) in [7, 11) is -0.374. The molecule has 1 atom stereocenters. The molecular weight excluding hydrogens is 297 g/mol. The summed E-state index contributed by atoms with van der Waals surface area (Å²) in [5.74, 6) is -0.124. The fraction of sp³-hybridized carbons (Fsp3) is 0.455. The van der Waals surface area contributed by atoms with Gasteiger partial charge in [0.1, 0.15) is 4.90 Å². The summed E-state index contributed by atoms with van der Waals surface area (Å²) in [6.45, 7) is 0.289. The standard InChI is InChI=1S/C11H15Cl2NO3S/c1-14-8(6-17-2)7-18(15,16)11-9(12)4-3-5-10(11)13/h3-5,8,14H,6-7H2,1-2H3. The van der Waals surface area contributed by atoms with Crippen LogP contribution >= 0.6 is 23.2 Å². The second-order valence-corrected chi connectivity index (χ2v) is 6.56. The molecule has 1 unspecified atom stereocenters. The molecule has 0 aliphatic carbocycles. The van der Waals surface area contributed by atoms with Crippen LogP contribution in [-0.4, -0.2) is 41.0 Å². The van der Waals surface area contributed by atoms with Crippen molar-refractivity contribution in [1.82, 2.24) is 5.32 Å². The van der Waals surface area contributed by atoms with Gasteiger partial charge in [-0.2, -0.15) is 0 Å². The molecule has 0 amide bonds. The molecule has 0 radical (unpaired) electrons. The van der Waals surface area contributed by atoms with Crippen molar-refractivity contribution < 1.29 is 13.2 Å². The van der Waals surface area contributed by atoms with Crippen molar-refractivity contribution in [3.8, 4) is 0 Å². The number of hydrogen-bond donors (Lipinski definition) is 1. The number of hydrogen-bond acceptors (Lipinski definition) is 4. The van der Waals surface area contributed by atoms with Gasteiger partial charge in [-0.05, 0) is 19.2 Å². The maximum absolute atomic E-state index is 12.3. The second kappa shape index (κ2) is 6.73. The van der Waals surface area contributed by atoms with E-state index in [0.717, 1.165) is 0 Å².